The average molecular weight is 356 g/mol. The SMILES string of the molecule is CNc1nc(-c2ccc(OC)nc2)nc(C)c1I. The molecule has 1 N–H and O–H groups in total. The molecule has 0 aliphatic rings. The summed E-state index contributed by atoms with van der Waals surface area (Å²) in [6.07, 6.45) is 1.71. The number of nitrogens with one attached hydrogen (secondary N) is 1. The lowest BCUT2D eigenvalue weighted by atomic mass is 10.2. The summed E-state index contributed by atoms with van der Waals surface area (Å²) in [7, 11) is 3.44. The number of hydrogen-bond donors (Lipinski definition) is 1. The molecule has 0 atom stereocenters. The molecule has 0 aliphatic carbocycles. The molecule has 2 aromatic heterocycles. The molecule has 0 amide bonds. The highest BCUT2D eigenvalue weighted by Gasteiger charge is 2.10. The van der Waals surface area contributed by atoms with Crippen LogP contribution in [0.4, 0.5) is 5.82 Å². The van der Waals surface area contributed by atoms with Gasteiger partial charge in [0.15, 0.2) is 5.82 Å². The van der Waals surface area contributed by atoms with E-state index in [2.05, 4.69) is 42.9 Å². The molecule has 0 fully saturated rings. The van der Waals surface area contributed by atoms with Gasteiger partial charge in [-0.2, -0.15) is 0 Å². The Kier molecular flexibility index (Phi) is 3.95. The highest BCUT2D eigenvalue weighted by molar-refractivity contribution is 14.1. The normalized spacial score (nSPS) is 10.2. The minimum atomic E-state index is 0.579. The zero-order valence-corrected chi connectivity index (χ0v) is 12.5. The van der Waals surface area contributed by atoms with Crippen LogP contribution in [0.2, 0.25) is 0 Å². The molecule has 2 heterocycles. The molecule has 0 unspecified atom stereocenters. The van der Waals surface area contributed by atoms with Crippen LogP contribution >= 0.6 is 22.6 Å². The minimum Gasteiger partial charge on any atom is -0.481 e. The average Bonchev–Trinajstić information content (AvgIpc) is 2.42. The quantitative estimate of drug-likeness (QED) is 0.857. The van der Waals surface area contributed by atoms with Crippen molar-refractivity contribution in [1.29, 1.82) is 0 Å². The van der Waals surface area contributed by atoms with Crippen molar-refractivity contribution in [1.82, 2.24) is 15.0 Å². The van der Waals surface area contributed by atoms with Crippen molar-refractivity contribution in [2.24, 2.45) is 0 Å². The van der Waals surface area contributed by atoms with Gasteiger partial charge >= 0.3 is 0 Å². The van der Waals surface area contributed by atoms with Gasteiger partial charge in [-0.1, -0.05) is 0 Å². The second-order valence-electron chi connectivity index (χ2n) is 3.63. The van der Waals surface area contributed by atoms with E-state index >= 15 is 0 Å². The lowest BCUT2D eigenvalue weighted by Crippen LogP contribution is -2.03. The predicted octanol–water partition coefficient (Wildman–Crippen LogP) is 2.50. The lowest BCUT2D eigenvalue weighted by molar-refractivity contribution is 0.398. The summed E-state index contributed by atoms with van der Waals surface area (Å²) in [6.45, 7) is 1.96. The first-order valence-corrected chi connectivity index (χ1v) is 6.46. The smallest absolute Gasteiger partial charge is 0.212 e. The summed E-state index contributed by atoms with van der Waals surface area (Å²) >= 11 is 2.23. The van der Waals surface area contributed by atoms with Gasteiger partial charge in [-0.3, -0.25) is 0 Å². The topological polar surface area (TPSA) is 59.9 Å². The molecule has 6 heteroatoms. The Labute approximate surface area is 119 Å². The van der Waals surface area contributed by atoms with Crippen LogP contribution in [0.15, 0.2) is 18.3 Å². The number of rotatable bonds is 3. The van der Waals surface area contributed by atoms with Crippen molar-refractivity contribution in [3.63, 3.8) is 0 Å². The van der Waals surface area contributed by atoms with Gasteiger partial charge in [-0.15, -0.1) is 0 Å². The van der Waals surface area contributed by atoms with Crippen LogP contribution in [-0.2, 0) is 0 Å². The van der Waals surface area contributed by atoms with Gasteiger partial charge in [0.05, 0.1) is 16.4 Å². The largest absolute Gasteiger partial charge is 0.481 e. The maximum absolute atomic E-state index is 5.03. The minimum absolute atomic E-state index is 0.579. The summed E-state index contributed by atoms with van der Waals surface area (Å²) in [4.78, 5) is 13.1. The molecule has 94 valence electrons. The molecule has 0 radical (unpaired) electrons. The predicted molar refractivity (Wildman–Crippen MR) is 78.8 cm³/mol. The van der Waals surface area contributed by atoms with Gasteiger partial charge < -0.3 is 10.1 Å². The Morgan fingerprint density at radius 1 is 1.28 bits per heavy atom. The molecular weight excluding hydrogens is 343 g/mol. The van der Waals surface area contributed by atoms with Gasteiger partial charge in [0.2, 0.25) is 5.88 Å². The van der Waals surface area contributed by atoms with E-state index in [-0.39, 0.29) is 0 Å². The summed E-state index contributed by atoms with van der Waals surface area (Å²) in [5.74, 6) is 2.07. The molecular formula is C12H13IN4O. The van der Waals surface area contributed by atoms with E-state index in [4.69, 9.17) is 4.74 Å². The fourth-order valence-electron chi connectivity index (χ4n) is 1.49. The first-order chi connectivity index (χ1) is 8.65. The molecule has 0 saturated carbocycles. The Morgan fingerprint density at radius 2 is 2.06 bits per heavy atom. The monoisotopic (exact) mass is 356 g/mol. The maximum atomic E-state index is 5.03. The van der Waals surface area contributed by atoms with Crippen LogP contribution in [0.1, 0.15) is 5.69 Å². The van der Waals surface area contributed by atoms with Crippen LogP contribution in [0.5, 0.6) is 5.88 Å². The standard InChI is InChI=1S/C12H13IN4O/c1-7-10(13)12(14-2)17-11(16-7)8-4-5-9(18-3)15-6-8/h4-6H,1-3H3,(H,14,16,17). The number of methoxy groups -OCH3 is 1. The van der Waals surface area contributed by atoms with Gasteiger partial charge in [0, 0.05) is 24.9 Å². The molecule has 0 saturated heterocycles. The highest BCUT2D eigenvalue weighted by atomic mass is 127. The second kappa shape index (κ2) is 5.47. The van der Waals surface area contributed by atoms with E-state index in [9.17, 15) is 0 Å². The van der Waals surface area contributed by atoms with Crippen molar-refractivity contribution in [3.8, 4) is 17.3 Å². The zero-order chi connectivity index (χ0) is 13.1. The molecule has 5 nitrogen and oxygen atoms in total. The molecule has 0 aliphatic heterocycles. The molecule has 0 aromatic carbocycles. The summed E-state index contributed by atoms with van der Waals surface area (Å²) in [6, 6.07) is 3.69. The highest BCUT2D eigenvalue weighted by Crippen LogP contribution is 2.23. The number of nitrogens with zero attached hydrogens (tertiary/aromatic N) is 3. The van der Waals surface area contributed by atoms with E-state index in [1.807, 2.05) is 20.0 Å². The summed E-state index contributed by atoms with van der Waals surface area (Å²) in [5, 5.41) is 3.07. The van der Waals surface area contributed by atoms with Gasteiger partial charge in [-0.05, 0) is 35.6 Å². The van der Waals surface area contributed by atoms with Crippen LogP contribution in [-0.4, -0.2) is 29.1 Å². The first kappa shape index (κ1) is 13.0. The Morgan fingerprint density at radius 3 is 2.61 bits per heavy atom. The third-order valence-electron chi connectivity index (χ3n) is 2.46. The van der Waals surface area contributed by atoms with Crippen LogP contribution in [0.3, 0.4) is 0 Å². The molecule has 2 rings (SSSR count). The third-order valence-corrected chi connectivity index (χ3v) is 3.75. The number of anilines is 1. The van der Waals surface area contributed by atoms with Crippen molar-refractivity contribution in [3.05, 3.63) is 27.6 Å². The van der Waals surface area contributed by atoms with E-state index < -0.39 is 0 Å². The second-order valence-corrected chi connectivity index (χ2v) is 4.71. The summed E-state index contributed by atoms with van der Waals surface area (Å²) < 4.78 is 6.06. The summed E-state index contributed by atoms with van der Waals surface area (Å²) in [5.41, 5.74) is 1.81. The van der Waals surface area contributed by atoms with Crippen LogP contribution < -0.4 is 10.1 Å². The van der Waals surface area contributed by atoms with Crippen LogP contribution in [0.25, 0.3) is 11.4 Å². The fraction of sp³-hybridized carbons (Fsp3) is 0.250. The van der Waals surface area contributed by atoms with Crippen molar-refractivity contribution in [2.75, 3.05) is 19.5 Å². The molecule has 18 heavy (non-hydrogen) atoms. The molecule has 2 aromatic rings. The van der Waals surface area contributed by atoms with Gasteiger partial charge in [-0.25, -0.2) is 15.0 Å². The van der Waals surface area contributed by atoms with Gasteiger partial charge in [0.25, 0.3) is 0 Å². The van der Waals surface area contributed by atoms with Crippen molar-refractivity contribution >= 4 is 28.4 Å². The van der Waals surface area contributed by atoms with Gasteiger partial charge in [0.1, 0.15) is 5.82 Å². The number of ether oxygens (including phenoxy) is 1. The first-order valence-electron chi connectivity index (χ1n) is 5.38. The Bertz CT molecular complexity index is 557. The third kappa shape index (κ3) is 2.53. The maximum Gasteiger partial charge on any atom is 0.212 e. The molecule has 0 bridgehead atoms. The van der Waals surface area contributed by atoms with Crippen LogP contribution in [0, 0.1) is 10.5 Å². The Balaban J connectivity index is 2.46. The molecule has 0 spiro atoms. The Hall–Kier alpha value is -1.44. The number of hydrogen-bond acceptors (Lipinski definition) is 5. The van der Waals surface area contributed by atoms with E-state index in [1.165, 1.54) is 0 Å². The number of aromatic nitrogens is 3. The van der Waals surface area contributed by atoms with Crippen molar-refractivity contribution in [2.45, 2.75) is 6.92 Å². The zero-order valence-electron chi connectivity index (χ0n) is 10.4. The number of pyridine rings is 1. The van der Waals surface area contributed by atoms with Crippen molar-refractivity contribution < 1.29 is 4.74 Å². The number of halogens is 1. The van der Waals surface area contributed by atoms with E-state index in [1.54, 1.807) is 19.4 Å². The number of aryl methyl sites for hydroxylation is 1. The fourth-order valence-corrected chi connectivity index (χ4v) is 2.00. The van der Waals surface area contributed by atoms with E-state index in [0.29, 0.717) is 11.7 Å². The van der Waals surface area contributed by atoms with E-state index in [0.717, 1.165) is 20.6 Å². The lowest BCUT2D eigenvalue weighted by Gasteiger charge is -2.08.